The molecule has 1 fully saturated rings. The molecule has 1 aliphatic heterocycles. The number of piperazine rings is 1. The van der Waals surface area contributed by atoms with Crippen LogP contribution in [0.3, 0.4) is 0 Å². The maximum atomic E-state index is 13.1. The summed E-state index contributed by atoms with van der Waals surface area (Å²) >= 11 is 1.72. The summed E-state index contributed by atoms with van der Waals surface area (Å²) < 4.78 is 17.0. The Labute approximate surface area is 210 Å². The number of para-hydroxylation sites is 1. The third-order valence-corrected chi connectivity index (χ3v) is 8.31. The smallest absolute Gasteiger partial charge is 0.291 e. The van der Waals surface area contributed by atoms with Gasteiger partial charge in [0.2, 0.25) is 0 Å². The first-order chi connectivity index (χ1) is 17.1. The van der Waals surface area contributed by atoms with E-state index in [-0.39, 0.29) is 11.9 Å². The van der Waals surface area contributed by atoms with Crippen LogP contribution in [0.5, 0.6) is 11.5 Å². The van der Waals surface area contributed by atoms with E-state index in [1.54, 1.807) is 37.7 Å². The number of carbonyl (C=O) groups excluding carboxylic acids is 1. The summed E-state index contributed by atoms with van der Waals surface area (Å²) in [5, 5.41) is 4.12. The third kappa shape index (κ3) is 4.70. The highest BCUT2D eigenvalue weighted by Crippen LogP contribution is 2.48. The van der Waals surface area contributed by atoms with Crippen molar-refractivity contribution in [2.45, 2.75) is 31.7 Å². The van der Waals surface area contributed by atoms with Gasteiger partial charge in [0.1, 0.15) is 5.00 Å². The fourth-order valence-electron chi connectivity index (χ4n) is 5.29. The van der Waals surface area contributed by atoms with Crippen LogP contribution in [0, 0.1) is 0 Å². The normalized spacial score (nSPS) is 17.6. The van der Waals surface area contributed by atoms with Gasteiger partial charge in [0, 0.05) is 42.2 Å². The van der Waals surface area contributed by atoms with E-state index in [2.05, 4.69) is 28.2 Å². The molecule has 0 saturated carbocycles. The molecule has 2 aromatic heterocycles. The second kappa shape index (κ2) is 10.4. The number of hydrogen-bond donors (Lipinski definition) is 1. The Morgan fingerprint density at radius 3 is 2.57 bits per heavy atom. The van der Waals surface area contributed by atoms with Crippen molar-refractivity contribution in [3.05, 3.63) is 63.9 Å². The molecule has 3 heterocycles. The van der Waals surface area contributed by atoms with Crippen LogP contribution in [0.4, 0.5) is 5.00 Å². The maximum absolute atomic E-state index is 13.1. The molecule has 8 heteroatoms. The lowest BCUT2D eigenvalue weighted by molar-refractivity contribution is 0.0996. The quantitative estimate of drug-likeness (QED) is 0.507. The van der Waals surface area contributed by atoms with Crippen LogP contribution in [0.2, 0.25) is 0 Å². The van der Waals surface area contributed by atoms with Gasteiger partial charge in [0.25, 0.3) is 5.91 Å². The molecule has 1 N–H and O–H groups in total. The van der Waals surface area contributed by atoms with E-state index in [4.69, 9.17) is 13.9 Å². The van der Waals surface area contributed by atoms with Gasteiger partial charge >= 0.3 is 0 Å². The number of carbonyl (C=O) groups is 1. The van der Waals surface area contributed by atoms with Crippen molar-refractivity contribution in [1.29, 1.82) is 0 Å². The van der Waals surface area contributed by atoms with Gasteiger partial charge in [-0.15, -0.1) is 11.3 Å². The van der Waals surface area contributed by atoms with Gasteiger partial charge in [-0.05, 0) is 56.5 Å². The van der Waals surface area contributed by atoms with Crippen LogP contribution < -0.4 is 14.8 Å². The van der Waals surface area contributed by atoms with E-state index >= 15 is 0 Å². The van der Waals surface area contributed by atoms with Crippen LogP contribution in [-0.4, -0.2) is 63.2 Å². The minimum Gasteiger partial charge on any atom is -0.493 e. The summed E-state index contributed by atoms with van der Waals surface area (Å²) in [5.41, 5.74) is 3.64. The zero-order valence-electron chi connectivity index (χ0n) is 20.6. The highest BCUT2D eigenvalue weighted by molar-refractivity contribution is 7.16. The van der Waals surface area contributed by atoms with Gasteiger partial charge in [-0.1, -0.05) is 12.1 Å². The summed E-state index contributed by atoms with van der Waals surface area (Å²) in [4.78, 5) is 19.3. The van der Waals surface area contributed by atoms with Gasteiger partial charge in [-0.2, -0.15) is 0 Å². The van der Waals surface area contributed by atoms with E-state index in [1.165, 1.54) is 28.7 Å². The topological polar surface area (TPSA) is 67.2 Å². The third-order valence-electron chi connectivity index (χ3n) is 7.09. The molecular weight excluding hydrogens is 462 g/mol. The van der Waals surface area contributed by atoms with Crippen molar-refractivity contribution in [2.75, 3.05) is 52.8 Å². The van der Waals surface area contributed by atoms with E-state index in [9.17, 15) is 4.79 Å². The molecule has 2 aliphatic rings. The van der Waals surface area contributed by atoms with Crippen LogP contribution in [0.25, 0.3) is 0 Å². The molecule has 1 amide bonds. The number of benzene rings is 1. The monoisotopic (exact) mass is 495 g/mol. The predicted molar refractivity (Wildman–Crippen MR) is 138 cm³/mol. The molecular formula is C27H33N3O4S. The van der Waals surface area contributed by atoms with Crippen molar-refractivity contribution >= 4 is 22.2 Å². The average Bonchev–Trinajstić information content (AvgIpc) is 3.54. The number of rotatable bonds is 7. The fourth-order valence-corrected chi connectivity index (χ4v) is 6.60. The molecule has 35 heavy (non-hydrogen) atoms. The van der Waals surface area contributed by atoms with Crippen molar-refractivity contribution < 1.29 is 18.7 Å². The molecule has 1 saturated heterocycles. The zero-order chi connectivity index (χ0) is 24.4. The van der Waals surface area contributed by atoms with E-state index in [0.717, 1.165) is 67.5 Å². The SMILES string of the molecule is COc1cccc([C@H](c2c(NC(=O)c3ccco3)sc3c2CCCC3)N2CCN(C)CC2)c1OC. The van der Waals surface area contributed by atoms with E-state index in [0.29, 0.717) is 5.76 Å². The Morgan fingerprint density at radius 1 is 1.06 bits per heavy atom. The molecule has 1 aliphatic carbocycles. The number of furan rings is 1. The number of anilines is 1. The number of fused-ring (bicyclic) bond motifs is 1. The molecule has 0 bridgehead atoms. The maximum Gasteiger partial charge on any atom is 0.291 e. The van der Waals surface area contributed by atoms with Gasteiger partial charge in [0.15, 0.2) is 17.3 Å². The number of likely N-dealkylation sites (N-methyl/N-ethyl adjacent to an activating group) is 1. The Kier molecular flexibility index (Phi) is 7.13. The van der Waals surface area contributed by atoms with Crippen molar-refractivity contribution in [1.82, 2.24) is 9.80 Å². The Bertz CT molecular complexity index is 1170. The predicted octanol–water partition coefficient (Wildman–Crippen LogP) is 4.83. The number of nitrogens with one attached hydrogen (secondary N) is 1. The molecule has 7 nitrogen and oxygen atoms in total. The first kappa shape index (κ1) is 23.9. The number of aryl methyl sites for hydroxylation is 1. The average molecular weight is 496 g/mol. The lowest BCUT2D eigenvalue weighted by Gasteiger charge is -2.39. The second-order valence-electron chi connectivity index (χ2n) is 9.21. The summed E-state index contributed by atoms with van der Waals surface area (Å²) in [6, 6.07) is 9.48. The summed E-state index contributed by atoms with van der Waals surface area (Å²) in [7, 11) is 5.54. The van der Waals surface area contributed by atoms with Gasteiger partial charge in [-0.25, -0.2) is 0 Å². The number of thiophene rings is 1. The van der Waals surface area contributed by atoms with Crippen LogP contribution in [-0.2, 0) is 12.8 Å². The number of amides is 1. The van der Waals surface area contributed by atoms with Gasteiger partial charge < -0.3 is 24.1 Å². The summed E-state index contributed by atoms with van der Waals surface area (Å²) in [5.74, 6) is 1.56. The van der Waals surface area contributed by atoms with Crippen molar-refractivity contribution in [3.8, 4) is 11.5 Å². The second-order valence-corrected chi connectivity index (χ2v) is 10.3. The lowest BCUT2D eigenvalue weighted by Crippen LogP contribution is -2.46. The highest BCUT2D eigenvalue weighted by Gasteiger charge is 2.35. The number of methoxy groups -OCH3 is 2. The summed E-state index contributed by atoms with van der Waals surface area (Å²) in [6.45, 7) is 3.84. The first-order valence-electron chi connectivity index (χ1n) is 12.2. The molecule has 186 valence electrons. The van der Waals surface area contributed by atoms with Crippen LogP contribution in [0.1, 0.15) is 51.0 Å². The minimum absolute atomic E-state index is 0.0567. The van der Waals surface area contributed by atoms with Crippen LogP contribution >= 0.6 is 11.3 Å². The van der Waals surface area contributed by atoms with Crippen molar-refractivity contribution in [3.63, 3.8) is 0 Å². The molecule has 0 unspecified atom stereocenters. The first-order valence-corrected chi connectivity index (χ1v) is 13.0. The number of hydrogen-bond acceptors (Lipinski definition) is 7. The minimum atomic E-state index is -0.218. The Balaban J connectivity index is 1.66. The molecule has 1 aromatic carbocycles. The Morgan fingerprint density at radius 2 is 1.86 bits per heavy atom. The molecule has 5 rings (SSSR count). The number of nitrogens with zero attached hydrogens (tertiary/aromatic N) is 2. The standard InChI is InChI=1S/C27H33N3O4S/c1-29-13-15-30(16-14-29)24(19-9-6-10-20(32-2)25(19)33-3)23-18-8-4-5-12-22(18)35-27(23)28-26(31)21-11-7-17-34-21/h6-7,9-11,17,24H,4-5,8,12-16H2,1-3H3,(H,28,31)/t24-/m1/s1. The van der Waals surface area contributed by atoms with Crippen molar-refractivity contribution in [2.24, 2.45) is 0 Å². The van der Waals surface area contributed by atoms with Gasteiger partial charge in [-0.3, -0.25) is 9.69 Å². The van der Waals surface area contributed by atoms with Gasteiger partial charge in [0.05, 0.1) is 26.5 Å². The number of ether oxygens (including phenoxy) is 2. The van der Waals surface area contributed by atoms with Crippen LogP contribution in [0.15, 0.2) is 41.0 Å². The largest absolute Gasteiger partial charge is 0.493 e. The molecule has 0 spiro atoms. The van der Waals surface area contributed by atoms with E-state index < -0.39 is 0 Å². The lowest BCUT2D eigenvalue weighted by atomic mass is 9.88. The molecule has 1 atom stereocenters. The molecule has 0 radical (unpaired) electrons. The fraction of sp³-hybridized carbons (Fsp3) is 0.444. The van der Waals surface area contributed by atoms with E-state index in [1.807, 2.05) is 12.1 Å². The zero-order valence-corrected chi connectivity index (χ0v) is 21.5. The summed E-state index contributed by atoms with van der Waals surface area (Å²) in [6.07, 6.45) is 5.94. The molecule has 3 aromatic rings. The Hall–Kier alpha value is -2.81. The highest BCUT2D eigenvalue weighted by atomic mass is 32.1.